The molecule has 2 aromatic carbocycles. The number of ether oxygens (including phenoxy) is 3. The molecule has 0 amide bonds. The Morgan fingerprint density at radius 1 is 0.967 bits per heavy atom. The van der Waals surface area contributed by atoms with Crippen LogP contribution in [0.1, 0.15) is 25.0 Å². The SMILES string of the molecule is C=C(OC)c1ccc(NC(=S)c2cc(Oc3ccccc3)cc(OC(C)C)c2)nc1. The molecule has 0 saturated carbocycles. The van der Waals surface area contributed by atoms with Crippen LogP contribution in [-0.2, 0) is 4.74 Å². The zero-order valence-electron chi connectivity index (χ0n) is 17.2. The van der Waals surface area contributed by atoms with Crippen molar-refractivity contribution in [2.24, 2.45) is 0 Å². The van der Waals surface area contributed by atoms with Crippen LogP contribution >= 0.6 is 12.2 Å². The number of nitrogens with one attached hydrogen (secondary N) is 1. The van der Waals surface area contributed by atoms with Gasteiger partial charge < -0.3 is 19.5 Å². The van der Waals surface area contributed by atoms with Crippen molar-refractivity contribution in [3.8, 4) is 17.2 Å². The fourth-order valence-corrected chi connectivity index (χ4v) is 2.89. The summed E-state index contributed by atoms with van der Waals surface area (Å²) < 4.78 is 17.0. The fraction of sp³-hybridized carbons (Fsp3) is 0.167. The Balaban J connectivity index is 1.82. The fourth-order valence-electron chi connectivity index (χ4n) is 2.67. The summed E-state index contributed by atoms with van der Waals surface area (Å²) in [6.45, 7) is 7.77. The monoisotopic (exact) mass is 420 g/mol. The molecular formula is C24H24N2O3S. The third-order valence-corrected chi connectivity index (χ3v) is 4.40. The van der Waals surface area contributed by atoms with Gasteiger partial charge in [-0.1, -0.05) is 37.0 Å². The molecular weight excluding hydrogens is 396 g/mol. The van der Waals surface area contributed by atoms with Gasteiger partial charge in [0, 0.05) is 23.4 Å². The van der Waals surface area contributed by atoms with Crippen LogP contribution in [0, 0.1) is 0 Å². The molecule has 3 aromatic rings. The van der Waals surface area contributed by atoms with E-state index in [9.17, 15) is 0 Å². The maximum atomic E-state index is 5.99. The van der Waals surface area contributed by atoms with E-state index in [0.717, 1.165) is 16.9 Å². The lowest BCUT2D eigenvalue weighted by Gasteiger charge is -2.15. The molecule has 0 spiro atoms. The molecule has 0 saturated heterocycles. The van der Waals surface area contributed by atoms with E-state index in [-0.39, 0.29) is 6.10 Å². The van der Waals surface area contributed by atoms with E-state index in [1.165, 1.54) is 0 Å². The van der Waals surface area contributed by atoms with E-state index in [0.29, 0.717) is 28.1 Å². The number of thiocarbonyl (C=S) groups is 1. The van der Waals surface area contributed by atoms with Crippen molar-refractivity contribution in [1.82, 2.24) is 4.98 Å². The van der Waals surface area contributed by atoms with Gasteiger partial charge in [-0.2, -0.15) is 0 Å². The molecule has 1 heterocycles. The van der Waals surface area contributed by atoms with Gasteiger partial charge in [-0.05, 0) is 50.2 Å². The van der Waals surface area contributed by atoms with Gasteiger partial charge in [0.1, 0.15) is 33.8 Å². The quantitative estimate of drug-likeness (QED) is 0.353. The van der Waals surface area contributed by atoms with E-state index in [1.54, 1.807) is 13.3 Å². The molecule has 0 unspecified atom stereocenters. The number of pyridine rings is 1. The van der Waals surface area contributed by atoms with Gasteiger partial charge >= 0.3 is 0 Å². The van der Waals surface area contributed by atoms with E-state index in [2.05, 4.69) is 16.9 Å². The number of aromatic nitrogens is 1. The molecule has 3 rings (SSSR count). The smallest absolute Gasteiger partial charge is 0.131 e. The summed E-state index contributed by atoms with van der Waals surface area (Å²) in [5, 5.41) is 3.15. The maximum absolute atomic E-state index is 5.99. The van der Waals surface area contributed by atoms with Gasteiger partial charge in [-0.25, -0.2) is 4.98 Å². The minimum atomic E-state index is 0.0226. The second kappa shape index (κ2) is 9.89. The van der Waals surface area contributed by atoms with Crippen molar-refractivity contribution in [2.75, 3.05) is 12.4 Å². The number of nitrogens with zero attached hydrogens (tertiary/aromatic N) is 1. The number of rotatable bonds is 8. The van der Waals surface area contributed by atoms with Crippen molar-refractivity contribution in [1.29, 1.82) is 0 Å². The zero-order chi connectivity index (χ0) is 21.5. The minimum Gasteiger partial charge on any atom is -0.497 e. The van der Waals surface area contributed by atoms with Crippen molar-refractivity contribution < 1.29 is 14.2 Å². The predicted molar refractivity (Wildman–Crippen MR) is 124 cm³/mol. The van der Waals surface area contributed by atoms with Crippen LogP contribution in [0.5, 0.6) is 17.2 Å². The zero-order valence-corrected chi connectivity index (χ0v) is 18.0. The molecule has 0 fully saturated rings. The maximum Gasteiger partial charge on any atom is 0.131 e. The van der Waals surface area contributed by atoms with E-state index in [1.807, 2.05) is 74.5 Å². The van der Waals surface area contributed by atoms with Gasteiger partial charge in [0.15, 0.2) is 0 Å². The molecule has 1 aromatic heterocycles. The number of benzene rings is 2. The van der Waals surface area contributed by atoms with E-state index < -0.39 is 0 Å². The van der Waals surface area contributed by atoms with Gasteiger partial charge in [-0.3, -0.25) is 0 Å². The molecule has 6 heteroatoms. The summed E-state index contributed by atoms with van der Waals surface area (Å²) in [4.78, 5) is 4.88. The highest BCUT2D eigenvalue weighted by molar-refractivity contribution is 7.81. The summed E-state index contributed by atoms with van der Waals surface area (Å²) >= 11 is 5.60. The van der Waals surface area contributed by atoms with Gasteiger partial charge in [0.05, 0.1) is 13.2 Å². The lowest BCUT2D eigenvalue weighted by molar-refractivity contribution is 0.241. The summed E-state index contributed by atoms with van der Waals surface area (Å²) in [6.07, 6.45) is 1.70. The molecule has 1 N–H and O–H groups in total. The normalized spacial score (nSPS) is 10.4. The molecule has 30 heavy (non-hydrogen) atoms. The first-order valence-corrected chi connectivity index (χ1v) is 9.90. The van der Waals surface area contributed by atoms with Crippen LogP contribution in [0.25, 0.3) is 5.76 Å². The largest absolute Gasteiger partial charge is 0.497 e. The third-order valence-electron chi connectivity index (χ3n) is 4.07. The molecule has 0 radical (unpaired) electrons. The number of hydrogen-bond donors (Lipinski definition) is 1. The standard InChI is InChI=1S/C24H24N2O3S/c1-16(2)28-21-12-19(13-22(14-21)29-20-8-6-5-7-9-20)24(30)26-23-11-10-18(15-25-23)17(3)27-4/h5-16H,3H2,1-2,4H3,(H,25,26,30). The number of anilines is 1. The Bertz CT molecular complexity index is 1020. The first-order chi connectivity index (χ1) is 14.4. The average Bonchev–Trinajstić information content (AvgIpc) is 2.73. The van der Waals surface area contributed by atoms with Crippen LogP contribution in [0.4, 0.5) is 5.82 Å². The Morgan fingerprint density at radius 2 is 1.70 bits per heavy atom. The average molecular weight is 421 g/mol. The van der Waals surface area contributed by atoms with Crippen LogP contribution < -0.4 is 14.8 Å². The van der Waals surface area contributed by atoms with Crippen molar-refractivity contribution in [2.45, 2.75) is 20.0 Å². The summed E-state index contributed by atoms with van der Waals surface area (Å²) in [5.41, 5.74) is 1.57. The molecule has 154 valence electrons. The Kier molecular flexibility index (Phi) is 7.03. The minimum absolute atomic E-state index is 0.0226. The lowest BCUT2D eigenvalue weighted by atomic mass is 10.2. The molecule has 0 aliphatic carbocycles. The Hall–Kier alpha value is -3.38. The van der Waals surface area contributed by atoms with Crippen LogP contribution in [0.3, 0.4) is 0 Å². The van der Waals surface area contributed by atoms with Gasteiger partial charge in [0.25, 0.3) is 0 Å². The topological polar surface area (TPSA) is 52.6 Å². The highest BCUT2D eigenvalue weighted by atomic mass is 32.1. The van der Waals surface area contributed by atoms with Crippen molar-refractivity contribution in [3.05, 3.63) is 84.6 Å². The molecule has 0 bridgehead atoms. The molecule has 0 aliphatic heterocycles. The number of para-hydroxylation sites is 1. The van der Waals surface area contributed by atoms with Crippen molar-refractivity contribution >= 4 is 28.8 Å². The molecule has 0 atom stereocenters. The van der Waals surface area contributed by atoms with Crippen LogP contribution in [-0.4, -0.2) is 23.2 Å². The lowest BCUT2D eigenvalue weighted by Crippen LogP contribution is -2.13. The summed E-state index contributed by atoms with van der Waals surface area (Å²) in [6, 6.07) is 18.9. The third kappa shape index (κ3) is 5.81. The molecule has 5 nitrogen and oxygen atoms in total. The van der Waals surface area contributed by atoms with E-state index >= 15 is 0 Å². The summed E-state index contributed by atoms with van der Waals surface area (Å²) in [7, 11) is 1.57. The Labute approximate surface area is 182 Å². The van der Waals surface area contributed by atoms with Gasteiger partial charge in [-0.15, -0.1) is 0 Å². The number of hydrogen-bond acceptors (Lipinski definition) is 5. The first-order valence-electron chi connectivity index (χ1n) is 9.50. The number of methoxy groups -OCH3 is 1. The predicted octanol–water partition coefficient (Wildman–Crippen LogP) is 6.07. The van der Waals surface area contributed by atoms with Crippen LogP contribution in [0.2, 0.25) is 0 Å². The van der Waals surface area contributed by atoms with Gasteiger partial charge in [0.2, 0.25) is 0 Å². The Morgan fingerprint density at radius 3 is 2.33 bits per heavy atom. The second-order valence-corrected chi connectivity index (χ2v) is 7.20. The second-order valence-electron chi connectivity index (χ2n) is 6.79. The molecule has 0 aliphatic rings. The highest BCUT2D eigenvalue weighted by Gasteiger charge is 2.11. The van der Waals surface area contributed by atoms with E-state index in [4.69, 9.17) is 26.4 Å². The van der Waals surface area contributed by atoms with Crippen LogP contribution in [0.15, 0.2) is 73.4 Å². The van der Waals surface area contributed by atoms with Crippen molar-refractivity contribution in [3.63, 3.8) is 0 Å². The first kappa shape index (κ1) is 21.3. The summed E-state index contributed by atoms with van der Waals surface area (Å²) in [5.74, 6) is 3.22. The highest BCUT2D eigenvalue weighted by Crippen LogP contribution is 2.28.